The molecule has 2 aromatic heterocycles. The molecule has 1 atom stereocenters. The molecule has 0 spiro atoms. The predicted octanol–water partition coefficient (Wildman–Crippen LogP) is 3.94. The Kier molecular flexibility index (Phi) is 5.39. The zero-order valence-electron chi connectivity index (χ0n) is 16.8. The normalized spacial score (nSPS) is 18.4. The third kappa shape index (κ3) is 4.45. The number of nitrogens with zero attached hydrogens (tertiary/aromatic N) is 3. The molecule has 1 N–H and O–H groups in total. The van der Waals surface area contributed by atoms with Crippen LogP contribution < -0.4 is 19.5 Å². The molecule has 3 heterocycles. The number of hydrogen-bond acceptors (Lipinski definition) is 8. The van der Waals surface area contributed by atoms with Crippen molar-refractivity contribution in [3.05, 3.63) is 54.0 Å². The number of benzene rings is 1. The van der Waals surface area contributed by atoms with E-state index in [1.807, 2.05) is 18.2 Å². The number of pyridine rings is 1. The van der Waals surface area contributed by atoms with Crippen molar-refractivity contribution in [2.45, 2.75) is 44.3 Å². The summed E-state index contributed by atoms with van der Waals surface area (Å²) >= 11 is 0. The monoisotopic (exact) mass is 422 g/mol. The van der Waals surface area contributed by atoms with Gasteiger partial charge in [-0.05, 0) is 43.9 Å². The number of rotatable bonds is 5. The van der Waals surface area contributed by atoms with Crippen molar-refractivity contribution < 1.29 is 23.4 Å². The van der Waals surface area contributed by atoms with Gasteiger partial charge < -0.3 is 18.6 Å². The third-order valence-electron chi connectivity index (χ3n) is 5.28. The number of carbonyl (C=O) groups is 1. The molecule has 0 saturated heterocycles. The molecule has 1 aliphatic heterocycles. The molecule has 1 aliphatic carbocycles. The Labute approximate surface area is 178 Å². The van der Waals surface area contributed by atoms with Gasteiger partial charge in [-0.3, -0.25) is 10.1 Å². The Bertz CT molecular complexity index is 1050. The van der Waals surface area contributed by atoms with Crippen LogP contribution in [0.25, 0.3) is 0 Å². The zero-order valence-corrected chi connectivity index (χ0v) is 16.8. The molecule has 1 aromatic carbocycles. The van der Waals surface area contributed by atoms with Gasteiger partial charge in [-0.2, -0.15) is 0 Å². The number of para-hydroxylation sites is 2. The second-order valence-corrected chi connectivity index (χ2v) is 7.53. The lowest BCUT2D eigenvalue weighted by Crippen LogP contribution is -2.21. The molecule has 9 nitrogen and oxygen atoms in total. The van der Waals surface area contributed by atoms with E-state index in [1.165, 1.54) is 25.5 Å². The SMILES string of the molecule is O=C(Nc1nnc(C2COc3ccccc3O2)o1)c1ccc(OC2CCCCC2)nc1. The van der Waals surface area contributed by atoms with E-state index in [0.717, 1.165) is 12.8 Å². The first-order chi connectivity index (χ1) is 15.2. The molecule has 3 aromatic rings. The minimum absolute atomic E-state index is 0.0232. The van der Waals surface area contributed by atoms with Crippen LogP contribution in [-0.2, 0) is 0 Å². The minimum atomic E-state index is -0.550. The first kappa shape index (κ1) is 19.3. The van der Waals surface area contributed by atoms with Crippen molar-refractivity contribution in [3.8, 4) is 17.4 Å². The maximum atomic E-state index is 12.5. The summed E-state index contributed by atoms with van der Waals surface area (Å²) in [5, 5.41) is 10.4. The van der Waals surface area contributed by atoms with Gasteiger partial charge in [-0.15, -0.1) is 5.10 Å². The zero-order chi connectivity index (χ0) is 21.0. The predicted molar refractivity (Wildman–Crippen MR) is 109 cm³/mol. The van der Waals surface area contributed by atoms with Crippen LogP contribution in [0.5, 0.6) is 17.4 Å². The van der Waals surface area contributed by atoms with Crippen molar-refractivity contribution in [1.82, 2.24) is 15.2 Å². The van der Waals surface area contributed by atoms with E-state index in [0.29, 0.717) is 22.9 Å². The topological polar surface area (TPSA) is 109 Å². The molecule has 2 aliphatic rings. The van der Waals surface area contributed by atoms with Gasteiger partial charge in [-0.1, -0.05) is 23.7 Å². The summed E-state index contributed by atoms with van der Waals surface area (Å²) in [5.41, 5.74) is 0.363. The fourth-order valence-corrected chi connectivity index (χ4v) is 3.66. The summed E-state index contributed by atoms with van der Waals surface area (Å²) in [6.07, 6.45) is 6.84. The summed E-state index contributed by atoms with van der Waals surface area (Å²) in [6.45, 7) is 0.235. The number of hydrogen-bond donors (Lipinski definition) is 1. The van der Waals surface area contributed by atoms with Gasteiger partial charge in [0, 0.05) is 12.3 Å². The molecule has 0 bridgehead atoms. The van der Waals surface area contributed by atoms with Crippen molar-refractivity contribution in [2.75, 3.05) is 11.9 Å². The summed E-state index contributed by atoms with van der Waals surface area (Å²) in [4.78, 5) is 16.7. The molecule has 160 valence electrons. The Morgan fingerprint density at radius 3 is 2.68 bits per heavy atom. The first-order valence-electron chi connectivity index (χ1n) is 10.4. The summed E-state index contributed by atoms with van der Waals surface area (Å²) in [5.74, 6) is 1.61. The molecule has 1 amide bonds. The maximum Gasteiger partial charge on any atom is 0.322 e. The first-order valence-corrected chi connectivity index (χ1v) is 10.4. The van der Waals surface area contributed by atoms with E-state index >= 15 is 0 Å². The summed E-state index contributed by atoms with van der Waals surface area (Å²) in [6, 6.07) is 10.7. The number of anilines is 1. The Hall–Kier alpha value is -3.62. The average Bonchev–Trinajstić information content (AvgIpc) is 3.28. The Morgan fingerprint density at radius 1 is 1.03 bits per heavy atom. The molecule has 31 heavy (non-hydrogen) atoms. The van der Waals surface area contributed by atoms with Crippen molar-refractivity contribution in [3.63, 3.8) is 0 Å². The molecular formula is C22H22N4O5. The molecule has 1 saturated carbocycles. The highest BCUT2D eigenvalue weighted by atomic mass is 16.6. The van der Waals surface area contributed by atoms with Crippen LogP contribution in [-0.4, -0.2) is 33.8 Å². The van der Waals surface area contributed by atoms with Crippen molar-refractivity contribution in [2.24, 2.45) is 0 Å². The fourth-order valence-electron chi connectivity index (χ4n) is 3.66. The molecule has 1 unspecified atom stereocenters. The minimum Gasteiger partial charge on any atom is -0.485 e. The van der Waals surface area contributed by atoms with Crippen LogP contribution in [0, 0.1) is 0 Å². The second-order valence-electron chi connectivity index (χ2n) is 7.53. The summed E-state index contributed by atoms with van der Waals surface area (Å²) in [7, 11) is 0. The largest absolute Gasteiger partial charge is 0.485 e. The molecule has 5 rings (SSSR count). The van der Waals surface area contributed by atoms with E-state index in [9.17, 15) is 4.79 Å². The second kappa shape index (κ2) is 8.63. The number of amides is 1. The molecular weight excluding hydrogens is 400 g/mol. The van der Waals surface area contributed by atoms with Gasteiger partial charge in [0.15, 0.2) is 11.5 Å². The lowest BCUT2D eigenvalue weighted by Gasteiger charge is -2.23. The van der Waals surface area contributed by atoms with Crippen LogP contribution in [0.15, 0.2) is 47.0 Å². The highest BCUT2D eigenvalue weighted by molar-refractivity contribution is 6.02. The Balaban J connectivity index is 1.19. The van der Waals surface area contributed by atoms with Crippen LogP contribution in [0.1, 0.15) is 54.5 Å². The van der Waals surface area contributed by atoms with Gasteiger partial charge in [0.25, 0.3) is 11.8 Å². The average molecular weight is 422 g/mol. The van der Waals surface area contributed by atoms with Gasteiger partial charge in [0.1, 0.15) is 12.7 Å². The fraction of sp³-hybridized carbons (Fsp3) is 0.364. The lowest BCUT2D eigenvalue weighted by atomic mass is 9.98. The van der Waals surface area contributed by atoms with Gasteiger partial charge in [0.2, 0.25) is 12.0 Å². The smallest absolute Gasteiger partial charge is 0.322 e. The number of fused-ring (bicyclic) bond motifs is 1. The van der Waals surface area contributed by atoms with Crippen LogP contribution in [0.4, 0.5) is 6.01 Å². The van der Waals surface area contributed by atoms with E-state index in [-0.39, 0.29) is 24.6 Å². The number of nitrogens with one attached hydrogen (secondary N) is 1. The van der Waals surface area contributed by atoms with Crippen LogP contribution in [0.2, 0.25) is 0 Å². The molecule has 1 fully saturated rings. The summed E-state index contributed by atoms with van der Waals surface area (Å²) < 4.78 is 22.9. The Morgan fingerprint density at radius 2 is 1.87 bits per heavy atom. The molecule has 0 radical (unpaired) electrons. The lowest BCUT2D eigenvalue weighted by molar-refractivity contribution is 0.0716. The maximum absolute atomic E-state index is 12.5. The van der Waals surface area contributed by atoms with E-state index in [4.69, 9.17) is 18.6 Å². The van der Waals surface area contributed by atoms with Gasteiger partial charge >= 0.3 is 6.01 Å². The van der Waals surface area contributed by atoms with Crippen LogP contribution >= 0.6 is 0 Å². The van der Waals surface area contributed by atoms with E-state index < -0.39 is 12.0 Å². The number of ether oxygens (including phenoxy) is 3. The van der Waals surface area contributed by atoms with Gasteiger partial charge in [0.05, 0.1) is 5.56 Å². The van der Waals surface area contributed by atoms with Gasteiger partial charge in [-0.25, -0.2) is 4.98 Å². The third-order valence-corrected chi connectivity index (χ3v) is 5.28. The van der Waals surface area contributed by atoms with E-state index in [1.54, 1.807) is 18.2 Å². The van der Waals surface area contributed by atoms with E-state index in [2.05, 4.69) is 20.5 Å². The molecule has 9 heteroatoms. The number of carbonyl (C=O) groups excluding carboxylic acids is 1. The van der Waals surface area contributed by atoms with Crippen molar-refractivity contribution >= 4 is 11.9 Å². The van der Waals surface area contributed by atoms with Crippen molar-refractivity contribution in [1.29, 1.82) is 0 Å². The highest BCUT2D eigenvalue weighted by Crippen LogP contribution is 2.35. The highest BCUT2D eigenvalue weighted by Gasteiger charge is 2.27. The van der Waals surface area contributed by atoms with Crippen LogP contribution in [0.3, 0.4) is 0 Å². The standard InChI is InChI=1S/C22H22N4O5/c27-20(14-10-11-19(23-12-14)29-15-6-2-1-3-7-15)24-22-26-25-21(31-22)18-13-28-16-8-4-5-9-17(16)30-18/h4-5,8-12,15,18H,1-3,6-7,13H2,(H,24,26,27). The quantitative estimate of drug-likeness (QED) is 0.659. The number of aromatic nitrogens is 3.